The van der Waals surface area contributed by atoms with Gasteiger partial charge in [0, 0.05) is 10.9 Å². The van der Waals surface area contributed by atoms with Crippen LogP contribution >= 0.6 is 34.5 Å². The van der Waals surface area contributed by atoms with Gasteiger partial charge in [-0.1, -0.05) is 34.5 Å². The van der Waals surface area contributed by atoms with Crippen LogP contribution < -0.4 is 5.32 Å². The molecule has 1 aromatic carbocycles. The first-order valence-corrected chi connectivity index (χ1v) is 8.00. The Morgan fingerprint density at radius 1 is 1.33 bits per heavy atom. The molecule has 1 N–H and O–H groups in total. The van der Waals surface area contributed by atoms with Crippen LogP contribution in [0.25, 0.3) is 11.0 Å². The molecular formula is C14H7Cl2F3N2O2S. The molecule has 4 nitrogen and oxygen atoms in total. The summed E-state index contributed by atoms with van der Waals surface area (Å²) < 4.78 is 42.8. The monoisotopic (exact) mass is 394 g/mol. The minimum absolute atomic E-state index is 0.105. The Balaban J connectivity index is 1.76. The second-order valence-electron chi connectivity index (χ2n) is 4.75. The zero-order valence-corrected chi connectivity index (χ0v) is 13.9. The van der Waals surface area contributed by atoms with Crippen molar-refractivity contribution in [3.05, 3.63) is 45.1 Å². The van der Waals surface area contributed by atoms with E-state index >= 15 is 0 Å². The molecule has 0 saturated carbocycles. The number of aromatic nitrogens is 1. The Bertz CT molecular complexity index is 921. The fraction of sp³-hybridized carbons (Fsp3) is 0.143. The largest absolute Gasteiger partial charge is 0.462 e. The average molecular weight is 395 g/mol. The fourth-order valence-corrected chi connectivity index (χ4v) is 3.09. The molecule has 0 unspecified atom stereocenters. The minimum Gasteiger partial charge on any atom is -0.462 e. The van der Waals surface area contributed by atoms with Gasteiger partial charge in [-0.2, -0.15) is 13.2 Å². The van der Waals surface area contributed by atoms with Crippen molar-refractivity contribution in [1.29, 1.82) is 0 Å². The van der Waals surface area contributed by atoms with Crippen LogP contribution in [0.3, 0.4) is 0 Å². The highest BCUT2D eigenvalue weighted by molar-refractivity contribution is 7.15. The van der Waals surface area contributed by atoms with E-state index in [0.29, 0.717) is 39.1 Å². The molecule has 0 atom stereocenters. The van der Waals surface area contributed by atoms with Crippen molar-refractivity contribution in [1.82, 2.24) is 4.98 Å². The van der Waals surface area contributed by atoms with E-state index in [1.807, 2.05) is 0 Å². The smallest absolute Gasteiger partial charge is 0.427 e. The lowest BCUT2D eigenvalue weighted by Gasteiger charge is -2.02. The Kier molecular flexibility index (Phi) is 4.46. The van der Waals surface area contributed by atoms with Gasteiger partial charge in [-0.3, -0.25) is 4.79 Å². The first kappa shape index (κ1) is 17.1. The third-order valence-electron chi connectivity index (χ3n) is 3.10. The van der Waals surface area contributed by atoms with Crippen molar-refractivity contribution in [3.63, 3.8) is 0 Å². The first-order chi connectivity index (χ1) is 11.3. The molecule has 0 aliphatic rings. The van der Waals surface area contributed by atoms with E-state index < -0.39 is 17.0 Å². The molecule has 0 radical (unpaired) electrons. The van der Waals surface area contributed by atoms with Gasteiger partial charge in [-0.05, 0) is 12.1 Å². The highest BCUT2D eigenvalue weighted by Crippen LogP contribution is 2.36. The van der Waals surface area contributed by atoms with Crippen molar-refractivity contribution in [2.75, 3.05) is 5.32 Å². The molecule has 24 heavy (non-hydrogen) atoms. The maximum atomic E-state index is 12.5. The predicted octanol–water partition coefficient (Wildman–Crippen LogP) is 5.40. The van der Waals surface area contributed by atoms with Crippen LogP contribution in [0.15, 0.2) is 29.0 Å². The Hall–Kier alpha value is -1.77. The van der Waals surface area contributed by atoms with E-state index in [-0.39, 0.29) is 16.6 Å². The standard InChI is InChI=1S/C14H7Cl2F3N2O2S/c15-8-2-1-7-6(5-23-12(7)11(8)16)3-10(22)21-13-20-4-9(24-13)14(17,18)19/h1-2,4-5H,3H2,(H,20,21,22). The van der Waals surface area contributed by atoms with Gasteiger partial charge in [0.2, 0.25) is 5.91 Å². The number of furan rings is 1. The summed E-state index contributed by atoms with van der Waals surface area (Å²) in [5, 5.41) is 3.36. The van der Waals surface area contributed by atoms with Gasteiger partial charge in [-0.15, -0.1) is 0 Å². The molecule has 10 heteroatoms. The molecule has 0 aliphatic carbocycles. The lowest BCUT2D eigenvalue weighted by atomic mass is 10.1. The third-order valence-corrected chi connectivity index (χ3v) is 4.84. The number of fused-ring (bicyclic) bond motifs is 1. The highest BCUT2D eigenvalue weighted by atomic mass is 35.5. The Labute approximate surface area is 147 Å². The number of halogens is 5. The van der Waals surface area contributed by atoms with Crippen molar-refractivity contribution < 1.29 is 22.4 Å². The zero-order chi connectivity index (χ0) is 17.5. The van der Waals surface area contributed by atoms with E-state index in [1.165, 1.54) is 6.26 Å². The normalized spacial score (nSPS) is 11.9. The Morgan fingerprint density at radius 2 is 2.08 bits per heavy atom. The molecule has 3 aromatic rings. The second kappa shape index (κ2) is 6.27. The summed E-state index contributed by atoms with van der Waals surface area (Å²) in [6.45, 7) is 0. The van der Waals surface area contributed by atoms with Gasteiger partial charge < -0.3 is 9.73 Å². The molecule has 0 bridgehead atoms. The summed E-state index contributed by atoms with van der Waals surface area (Å²) in [5.74, 6) is -0.521. The van der Waals surface area contributed by atoms with Crippen LogP contribution in [0.4, 0.5) is 18.3 Å². The maximum absolute atomic E-state index is 12.5. The zero-order valence-electron chi connectivity index (χ0n) is 11.6. The summed E-state index contributed by atoms with van der Waals surface area (Å²) in [4.78, 5) is 14.7. The second-order valence-corrected chi connectivity index (χ2v) is 6.57. The van der Waals surface area contributed by atoms with Crippen molar-refractivity contribution in [2.24, 2.45) is 0 Å². The predicted molar refractivity (Wildman–Crippen MR) is 85.7 cm³/mol. The minimum atomic E-state index is -4.49. The fourth-order valence-electron chi connectivity index (χ4n) is 2.03. The van der Waals surface area contributed by atoms with E-state index in [9.17, 15) is 18.0 Å². The lowest BCUT2D eigenvalue weighted by molar-refractivity contribution is -0.134. The number of carbonyl (C=O) groups excluding carboxylic acids is 1. The number of amides is 1. The maximum Gasteiger partial charge on any atom is 0.427 e. The molecule has 0 spiro atoms. The van der Waals surface area contributed by atoms with Crippen molar-refractivity contribution >= 4 is 56.5 Å². The number of benzene rings is 1. The van der Waals surface area contributed by atoms with E-state index in [2.05, 4.69) is 10.3 Å². The van der Waals surface area contributed by atoms with E-state index in [4.69, 9.17) is 27.6 Å². The number of alkyl halides is 3. The van der Waals surface area contributed by atoms with Crippen LogP contribution in [-0.4, -0.2) is 10.9 Å². The highest BCUT2D eigenvalue weighted by Gasteiger charge is 2.33. The van der Waals surface area contributed by atoms with Gasteiger partial charge in [0.15, 0.2) is 10.7 Å². The molecule has 1 amide bonds. The molecular weight excluding hydrogens is 388 g/mol. The summed E-state index contributed by atoms with van der Waals surface area (Å²) in [7, 11) is 0. The quantitative estimate of drug-likeness (QED) is 0.647. The summed E-state index contributed by atoms with van der Waals surface area (Å²) in [5.41, 5.74) is 0.884. The lowest BCUT2D eigenvalue weighted by Crippen LogP contribution is -2.13. The van der Waals surface area contributed by atoms with E-state index in [1.54, 1.807) is 12.1 Å². The topological polar surface area (TPSA) is 55.1 Å². The number of nitrogens with zero attached hydrogens (tertiary/aromatic N) is 1. The molecule has 0 fully saturated rings. The van der Waals surface area contributed by atoms with Gasteiger partial charge >= 0.3 is 6.18 Å². The molecule has 0 aliphatic heterocycles. The number of hydrogen-bond donors (Lipinski definition) is 1. The molecule has 2 heterocycles. The van der Waals surface area contributed by atoms with Crippen LogP contribution in [-0.2, 0) is 17.4 Å². The van der Waals surface area contributed by atoms with Gasteiger partial charge in [0.25, 0.3) is 0 Å². The Morgan fingerprint density at radius 3 is 2.75 bits per heavy atom. The molecule has 2 aromatic heterocycles. The SMILES string of the molecule is O=C(Cc1coc2c(Cl)c(Cl)ccc12)Nc1ncc(C(F)(F)F)s1. The van der Waals surface area contributed by atoms with Gasteiger partial charge in [0.1, 0.15) is 9.90 Å². The molecule has 3 rings (SSSR count). The van der Waals surface area contributed by atoms with Gasteiger partial charge in [-0.25, -0.2) is 4.98 Å². The van der Waals surface area contributed by atoms with Crippen LogP contribution in [0.1, 0.15) is 10.4 Å². The average Bonchev–Trinajstić information content (AvgIpc) is 3.10. The van der Waals surface area contributed by atoms with Crippen molar-refractivity contribution in [3.8, 4) is 0 Å². The third kappa shape index (κ3) is 3.35. The number of rotatable bonds is 3. The van der Waals surface area contributed by atoms with Crippen LogP contribution in [0, 0.1) is 0 Å². The number of hydrogen-bond acceptors (Lipinski definition) is 4. The van der Waals surface area contributed by atoms with Crippen LogP contribution in [0.2, 0.25) is 10.0 Å². The molecule has 126 valence electrons. The van der Waals surface area contributed by atoms with E-state index in [0.717, 1.165) is 0 Å². The summed E-state index contributed by atoms with van der Waals surface area (Å²) in [6, 6.07) is 3.22. The number of nitrogens with one attached hydrogen (secondary N) is 1. The molecule has 0 saturated heterocycles. The number of carbonyl (C=O) groups is 1. The van der Waals surface area contributed by atoms with Gasteiger partial charge in [0.05, 0.1) is 23.9 Å². The van der Waals surface area contributed by atoms with Crippen molar-refractivity contribution in [2.45, 2.75) is 12.6 Å². The first-order valence-electron chi connectivity index (χ1n) is 6.42. The number of thiazole rings is 1. The number of anilines is 1. The summed E-state index contributed by atoms with van der Waals surface area (Å²) in [6.07, 6.45) is -2.56. The summed E-state index contributed by atoms with van der Waals surface area (Å²) >= 11 is 12.2. The van der Waals surface area contributed by atoms with Crippen LogP contribution in [0.5, 0.6) is 0 Å².